The molecule has 3 heteroatoms. The van der Waals surface area contributed by atoms with Gasteiger partial charge in [0.1, 0.15) is 0 Å². The third-order valence-corrected chi connectivity index (χ3v) is 3.99. The Labute approximate surface area is 92.0 Å². The second kappa shape index (κ2) is 4.12. The summed E-state index contributed by atoms with van der Waals surface area (Å²) in [5.41, 5.74) is 5.71. The number of nitrogens with two attached hydrogens (primary N) is 1. The van der Waals surface area contributed by atoms with Gasteiger partial charge in [-0.1, -0.05) is 12.8 Å². The molecule has 2 aliphatic rings. The summed E-state index contributed by atoms with van der Waals surface area (Å²) in [4.78, 5) is 14.1. The SMILES string of the molecule is CC1CC2CCCCC2N1C(=O)[C@@H](C)N. The van der Waals surface area contributed by atoms with E-state index in [0.717, 1.165) is 5.92 Å². The molecule has 0 bridgehead atoms. The lowest BCUT2D eigenvalue weighted by molar-refractivity contribution is -0.135. The van der Waals surface area contributed by atoms with E-state index in [1.54, 1.807) is 6.92 Å². The molecule has 1 amide bonds. The Morgan fingerprint density at radius 1 is 1.40 bits per heavy atom. The molecule has 0 aromatic carbocycles. The lowest BCUT2D eigenvalue weighted by atomic mass is 9.85. The summed E-state index contributed by atoms with van der Waals surface area (Å²) in [6.07, 6.45) is 6.29. The van der Waals surface area contributed by atoms with Crippen LogP contribution in [0.4, 0.5) is 0 Å². The molecule has 1 saturated heterocycles. The zero-order valence-electron chi connectivity index (χ0n) is 9.78. The minimum Gasteiger partial charge on any atom is -0.335 e. The Morgan fingerprint density at radius 3 is 2.73 bits per heavy atom. The highest BCUT2D eigenvalue weighted by Gasteiger charge is 2.42. The van der Waals surface area contributed by atoms with Gasteiger partial charge in [-0.25, -0.2) is 0 Å². The van der Waals surface area contributed by atoms with Crippen molar-refractivity contribution < 1.29 is 4.79 Å². The molecule has 3 unspecified atom stereocenters. The average Bonchev–Trinajstić information content (AvgIpc) is 2.52. The predicted octanol–water partition coefficient (Wildman–Crippen LogP) is 1.51. The Morgan fingerprint density at radius 2 is 2.07 bits per heavy atom. The first-order valence-electron chi connectivity index (χ1n) is 6.19. The predicted molar refractivity (Wildman–Crippen MR) is 60.3 cm³/mol. The van der Waals surface area contributed by atoms with Crippen LogP contribution >= 0.6 is 0 Å². The summed E-state index contributed by atoms with van der Waals surface area (Å²) in [6, 6.07) is 0.553. The van der Waals surface area contributed by atoms with Crippen LogP contribution in [-0.2, 0) is 4.79 Å². The number of fused-ring (bicyclic) bond motifs is 1. The molecule has 4 atom stereocenters. The Balaban J connectivity index is 2.12. The smallest absolute Gasteiger partial charge is 0.239 e. The van der Waals surface area contributed by atoms with Gasteiger partial charge in [-0.2, -0.15) is 0 Å². The third-order valence-electron chi connectivity index (χ3n) is 3.99. The van der Waals surface area contributed by atoms with Crippen LogP contribution < -0.4 is 5.73 Å². The first kappa shape index (κ1) is 10.9. The van der Waals surface area contributed by atoms with Gasteiger partial charge >= 0.3 is 0 Å². The second-order valence-electron chi connectivity index (χ2n) is 5.23. The number of hydrogen-bond acceptors (Lipinski definition) is 2. The van der Waals surface area contributed by atoms with Crippen molar-refractivity contribution in [2.45, 2.75) is 64.1 Å². The lowest BCUT2D eigenvalue weighted by Gasteiger charge is -2.34. The number of carbonyl (C=O) groups excluding carboxylic acids is 1. The second-order valence-corrected chi connectivity index (χ2v) is 5.23. The summed E-state index contributed by atoms with van der Waals surface area (Å²) in [5, 5.41) is 0. The van der Waals surface area contributed by atoms with Crippen LogP contribution in [0.3, 0.4) is 0 Å². The number of carbonyl (C=O) groups is 1. The van der Waals surface area contributed by atoms with Crippen molar-refractivity contribution in [1.82, 2.24) is 4.90 Å². The number of likely N-dealkylation sites (tertiary alicyclic amines) is 1. The topological polar surface area (TPSA) is 46.3 Å². The molecule has 15 heavy (non-hydrogen) atoms. The molecule has 2 rings (SSSR count). The third kappa shape index (κ3) is 1.89. The van der Waals surface area contributed by atoms with Gasteiger partial charge < -0.3 is 10.6 Å². The van der Waals surface area contributed by atoms with Crippen LogP contribution in [-0.4, -0.2) is 28.9 Å². The fourth-order valence-electron chi connectivity index (χ4n) is 3.32. The van der Waals surface area contributed by atoms with Crippen LogP contribution in [0.15, 0.2) is 0 Å². The molecule has 1 aliphatic carbocycles. The van der Waals surface area contributed by atoms with E-state index in [2.05, 4.69) is 11.8 Å². The number of amides is 1. The van der Waals surface area contributed by atoms with E-state index in [-0.39, 0.29) is 11.9 Å². The molecule has 0 aromatic rings. The van der Waals surface area contributed by atoms with E-state index in [9.17, 15) is 4.79 Å². The summed E-state index contributed by atoms with van der Waals surface area (Å²) < 4.78 is 0. The van der Waals surface area contributed by atoms with E-state index in [0.29, 0.717) is 12.1 Å². The van der Waals surface area contributed by atoms with Gasteiger partial charge in [-0.3, -0.25) is 4.79 Å². The minimum atomic E-state index is -0.340. The first-order chi connectivity index (χ1) is 7.11. The van der Waals surface area contributed by atoms with Crippen LogP contribution in [0.2, 0.25) is 0 Å². The fraction of sp³-hybridized carbons (Fsp3) is 0.917. The van der Waals surface area contributed by atoms with E-state index in [1.165, 1.54) is 32.1 Å². The van der Waals surface area contributed by atoms with Gasteiger partial charge in [-0.15, -0.1) is 0 Å². The Hall–Kier alpha value is -0.570. The molecule has 0 spiro atoms. The van der Waals surface area contributed by atoms with Crippen molar-refractivity contribution in [3.05, 3.63) is 0 Å². The first-order valence-corrected chi connectivity index (χ1v) is 6.19. The van der Waals surface area contributed by atoms with Crippen molar-refractivity contribution in [3.8, 4) is 0 Å². The van der Waals surface area contributed by atoms with Crippen LogP contribution in [0.25, 0.3) is 0 Å². The van der Waals surface area contributed by atoms with Crippen molar-refractivity contribution in [2.24, 2.45) is 11.7 Å². The lowest BCUT2D eigenvalue weighted by Crippen LogP contribution is -2.48. The molecule has 2 N–H and O–H groups in total. The van der Waals surface area contributed by atoms with Gasteiger partial charge in [0.15, 0.2) is 0 Å². The molecular weight excluding hydrogens is 188 g/mol. The van der Waals surface area contributed by atoms with E-state index in [1.807, 2.05) is 0 Å². The monoisotopic (exact) mass is 210 g/mol. The zero-order chi connectivity index (χ0) is 11.0. The molecular formula is C12H22N2O. The summed E-state index contributed by atoms with van der Waals surface area (Å²) in [6.45, 7) is 3.96. The van der Waals surface area contributed by atoms with E-state index < -0.39 is 0 Å². The molecule has 1 aliphatic heterocycles. The molecule has 86 valence electrons. The molecule has 3 nitrogen and oxygen atoms in total. The van der Waals surface area contributed by atoms with Crippen LogP contribution in [0, 0.1) is 5.92 Å². The normalized spacial score (nSPS) is 37.5. The highest BCUT2D eigenvalue weighted by atomic mass is 16.2. The largest absolute Gasteiger partial charge is 0.335 e. The molecule has 1 heterocycles. The molecule has 1 saturated carbocycles. The van der Waals surface area contributed by atoms with Crippen molar-refractivity contribution in [3.63, 3.8) is 0 Å². The Bertz CT molecular complexity index is 252. The highest BCUT2D eigenvalue weighted by molar-refractivity contribution is 5.82. The van der Waals surface area contributed by atoms with Crippen molar-refractivity contribution in [1.29, 1.82) is 0 Å². The summed E-state index contributed by atoms with van der Waals surface area (Å²) >= 11 is 0. The van der Waals surface area contributed by atoms with Gasteiger partial charge in [0.2, 0.25) is 5.91 Å². The van der Waals surface area contributed by atoms with Gasteiger partial charge in [-0.05, 0) is 39.0 Å². The molecule has 2 fully saturated rings. The van der Waals surface area contributed by atoms with Crippen LogP contribution in [0.5, 0.6) is 0 Å². The standard InChI is InChI=1S/C12H22N2O/c1-8-7-10-5-3-4-6-11(10)14(8)12(15)9(2)13/h8-11H,3-7,13H2,1-2H3/t8?,9-,10?,11?/m1/s1. The maximum Gasteiger partial charge on any atom is 0.239 e. The van der Waals surface area contributed by atoms with Crippen molar-refractivity contribution in [2.75, 3.05) is 0 Å². The maximum atomic E-state index is 12.0. The zero-order valence-corrected chi connectivity index (χ0v) is 9.78. The summed E-state index contributed by atoms with van der Waals surface area (Å²) in [7, 11) is 0. The molecule has 0 radical (unpaired) electrons. The van der Waals surface area contributed by atoms with Crippen LogP contribution in [0.1, 0.15) is 46.0 Å². The summed E-state index contributed by atoms with van der Waals surface area (Å²) in [5.74, 6) is 0.897. The minimum absolute atomic E-state index is 0.150. The van der Waals surface area contributed by atoms with E-state index in [4.69, 9.17) is 5.73 Å². The fourth-order valence-corrected chi connectivity index (χ4v) is 3.32. The van der Waals surface area contributed by atoms with Gasteiger partial charge in [0.25, 0.3) is 0 Å². The van der Waals surface area contributed by atoms with Gasteiger partial charge in [0, 0.05) is 12.1 Å². The van der Waals surface area contributed by atoms with Gasteiger partial charge in [0.05, 0.1) is 6.04 Å². The average molecular weight is 210 g/mol. The quantitative estimate of drug-likeness (QED) is 0.713. The Kier molecular flexibility index (Phi) is 3.01. The number of nitrogens with zero attached hydrogens (tertiary/aromatic N) is 1. The molecule has 0 aromatic heterocycles. The van der Waals surface area contributed by atoms with Crippen molar-refractivity contribution >= 4 is 5.91 Å². The highest BCUT2D eigenvalue weighted by Crippen LogP contribution is 2.39. The number of hydrogen-bond donors (Lipinski definition) is 1. The number of rotatable bonds is 1. The maximum absolute atomic E-state index is 12.0. The van der Waals surface area contributed by atoms with E-state index >= 15 is 0 Å².